The van der Waals surface area contributed by atoms with Gasteiger partial charge in [0, 0.05) is 12.1 Å². The van der Waals surface area contributed by atoms with Gasteiger partial charge in [0.15, 0.2) is 11.5 Å². The predicted molar refractivity (Wildman–Crippen MR) is 122 cm³/mol. The van der Waals surface area contributed by atoms with E-state index in [-0.39, 0.29) is 32.7 Å². The van der Waals surface area contributed by atoms with Crippen LogP contribution in [0.3, 0.4) is 0 Å². The largest absolute Gasteiger partial charge is 0.493 e. The van der Waals surface area contributed by atoms with Crippen molar-refractivity contribution in [1.82, 2.24) is 4.72 Å². The summed E-state index contributed by atoms with van der Waals surface area (Å²) in [4.78, 5) is 24.8. The monoisotopic (exact) mass is 500 g/mol. The number of hydrogen-bond acceptors (Lipinski definition) is 8. The van der Waals surface area contributed by atoms with Gasteiger partial charge in [-0.25, -0.2) is 13.2 Å². The van der Waals surface area contributed by atoms with Gasteiger partial charge < -0.3 is 24.3 Å². The van der Waals surface area contributed by atoms with Crippen molar-refractivity contribution >= 4 is 39.2 Å². The second-order valence-corrected chi connectivity index (χ2v) is 8.72. The molecule has 1 atom stereocenters. The number of ether oxygens (including phenoxy) is 4. The Bertz CT molecular complexity index is 1140. The summed E-state index contributed by atoms with van der Waals surface area (Å²) < 4.78 is 48.1. The average Bonchev–Trinajstić information content (AvgIpc) is 2.79. The molecule has 33 heavy (non-hydrogen) atoms. The maximum atomic E-state index is 12.7. The quantitative estimate of drug-likeness (QED) is 0.476. The Morgan fingerprint density at radius 3 is 2.21 bits per heavy atom. The molecular weight excluding hydrogens is 476 g/mol. The van der Waals surface area contributed by atoms with E-state index in [0.717, 1.165) is 0 Å². The molecule has 0 aromatic heterocycles. The zero-order valence-electron chi connectivity index (χ0n) is 18.7. The van der Waals surface area contributed by atoms with E-state index in [1.165, 1.54) is 58.6 Å². The van der Waals surface area contributed by atoms with Gasteiger partial charge in [-0.15, -0.1) is 0 Å². The molecule has 0 unspecified atom stereocenters. The van der Waals surface area contributed by atoms with Crippen LogP contribution in [0.5, 0.6) is 17.2 Å². The third-order valence-electron chi connectivity index (χ3n) is 4.43. The van der Waals surface area contributed by atoms with Crippen LogP contribution in [-0.2, 0) is 19.6 Å². The molecule has 0 bridgehead atoms. The molecule has 0 radical (unpaired) electrons. The molecule has 180 valence electrons. The number of benzene rings is 2. The molecule has 0 spiro atoms. The smallest absolute Gasteiger partial charge is 0.340 e. The maximum Gasteiger partial charge on any atom is 0.340 e. The molecule has 0 saturated carbocycles. The fraction of sp³-hybridized carbons (Fsp3) is 0.333. The van der Waals surface area contributed by atoms with Crippen LogP contribution in [0, 0.1) is 0 Å². The second-order valence-electron chi connectivity index (χ2n) is 6.60. The molecule has 1 amide bonds. The van der Waals surface area contributed by atoms with Crippen molar-refractivity contribution in [3.8, 4) is 17.2 Å². The fourth-order valence-corrected chi connectivity index (χ4v) is 4.31. The number of rotatable bonds is 10. The van der Waals surface area contributed by atoms with Crippen molar-refractivity contribution in [3.63, 3.8) is 0 Å². The number of nitrogens with one attached hydrogen (secondary N) is 2. The highest BCUT2D eigenvalue weighted by molar-refractivity contribution is 7.89. The van der Waals surface area contributed by atoms with Crippen LogP contribution in [0.15, 0.2) is 35.2 Å². The summed E-state index contributed by atoms with van der Waals surface area (Å²) in [6, 6.07) is 5.47. The minimum absolute atomic E-state index is 0.00291. The molecule has 0 aliphatic carbocycles. The van der Waals surface area contributed by atoms with Gasteiger partial charge in [-0.05, 0) is 32.0 Å². The van der Waals surface area contributed by atoms with Crippen LogP contribution in [-0.4, -0.2) is 54.3 Å². The van der Waals surface area contributed by atoms with E-state index in [1.807, 2.05) is 0 Å². The van der Waals surface area contributed by atoms with Gasteiger partial charge in [0.05, 0.1) is 55.1 Å². The van der Waals surface area contributed by atoms with Crippen molar-refractivity contribution in [1.29, 1.82) is 0 Å². The summed E-state index contributed by atoms with van der Waals surface area (Å²) in [5.41, 5.74) is 0.0523. The third-order valence-corrected chi connectivity index (χ3v) is 6.26. The second kappa shape index (κ2) is 11.2. The van der Waals surface area contributed by atoms with E-state index in [2.05, 4.69) is 10.0 Å². The molecule has 12 heteroatoms. The first-order valence-corrected chi connectivity index (χ1v) is 11.5. The first kappa shape index (κ1) is 26.2. The van der Waals surface area contributed by atoms with E-state index in [0.29, 0.717) is 12.4 Å². The van der Waals surface area contributed by atoms with Crippen LogP contribution < -0.4 is 24.2 Å². The molecule has 0 aliphatic heterocycles. The van der Waals surface area contributed by atoms with Gasteiger partial charge in [0.25, 0.3) is 0 Å². The molecule has 0 aliphatic rings. The van der Waals surface area contributed by atoms with E-state index in [9.17, 15) is 18.0 Å². The van der Waals surface area contributed by atoms with Crippen molar-refractivity contribution in [2.24, 2.45) is 0 Å². The highest BCUT2D eigenvalue weighted by Gasteiger charge is 2.25. The molecule has 2 rings (SSSR count). The Labute approximate surface area is 197 Å². The Morgan fingerprint density at radius 2 is 1.67 bits per heavy atom. The zero-order chi connectivity index (χ0) is 24.8. The van der Waals surface area contributed by atoms with Crippen LogP contribution >= 0.6 is 11.6 Å². The number of amides is 1. The number of carbonyl (C=O) groups is 2. The first-order valence-electron chi connectivity index (χ1n) is 9.67. The van der Waals surface area contributed by atoms with Crippen LogP contribution in [0.4, 0.5) is 5.69 Å². The summed E-state index contributed by atoms with van der Waals surface area (Å²) in [6.45, 7) is 3.49. The molecular formula is C21H25ClN2O8S. The number of esters is 1. The highest BCUT2D eigenvalue weighted by Crippen LogP contribution is 2.34. The normalized spacial score (nSPS) is 11.9. The van der Waals surface area contributed by atoms with Crippen molar-refractivity contribution in [3.05, 3.63) is 40.9 Å². The predicted octanol–water partition coefficient (Wildman–Crippen LogP) is 2.85. The average molecular weight is 501 g/mol. The topological polar surface area (TPSA) is 129 Å². The van der Waals surface area contributed by atoms with E-state index < -0.39 is 27.9 Å². The Kier molecular flexibility index (Phi) is 8.91. The highest BCUT2D eigenvalue weighted by atomic mass is 35.5. The Balaban J connectivity index is 2.27. The minimum atomic E-state index is -4.09. The number of halogens is 1. The van der Waals surface area contributed by atoms with E-state index >= 15 is 0 Å². The van der Waals surface area contributed by atoms with Gasteiger partial charge in [-0.3, -0.25) is 4.79 Å². The SMILES string of the molecule is CCOc1ccc(S(=O)(=O)N[C@H](C)C(=O)Nc2cc(OC)c(OC)cc2C(=O)OC)cc1Cl. The molecule has 2 aromatic rings. The van der Waals surface area contributed by atoms with Crippen LogP contribution in [0.25, 0.3) is 0 Å². The van der Waals surface area contributed by atoms with E-state index in [4.69, 9.17) is 30.5 Å². The molecule has 0 saturated heterocycles. The molecule has 2 N–H and O–H groups in total. The number of carbonyl (C=O) groups excluding carboxylic acids is 2. The van der Waals surface area contributed by atoms with Gasteiger partial charge in [0.1, 0.15) is 5.75 Å². The summed E-state index contributed by atoms with van der Waals surface area (Å²) in [6.07, 6.45) is 0. The standard InChI is InChI=1S/C21H25ClN2O8S/c1-6-32-17-8-7-13(9-15(17)22)33(27,28)24-12(2)20(25)23-16-11-19(30-4)18(29-3)10-14(16)21(26)31-5/h7-12,24H,6H2,1-5H3,(H,23,25)/t12-/m1/s1. The van der Waals surface area contributed by atoms with Gasteiger partial charge in [-0.2, -0.15) is 4.72 Å². The Hall–Kier alpha value is -3.02. The molecule has 10 nitrogen and oxygen atoms in total. The molecule has 2 aromatic carbocycles. The lowest BCUT2D eigenvalue weighted by Gasteiger charge is -2.18. The third kappa shape index (κ3) is 6.28. The number of anilines is 1. The van der Waals surface area contributed by atoms with Gasteiger partial charge >= 0.3 is 5.97 Å². The van der Waals surface area contributed by atoms with Crippen molar-refractivity contribution in [2.75, 3.05) is 33.3 Å². The molecule has 0 heterocycles. The van der Waals surface area contributed by atoms with Crippen molar-refractivity contribution in [2.45, 2.75) is 24.8 Å². The minimum Gasteiger partial charge on any atom is -0.493 e. The van der Waals surface area contributed by atoms with Gasteiger partial charge in [0.2, 0.25) is 15.9 Å². The van der Waals surface area contributed by atoms with Crippen molar-refractivity contribution < 1.29 is 37.0 Å². The summed E-state index contributed by atoms with van der Waals surface area (Å²) in [5.74, 6) is -0.626. The maximum absolute atomic E-state index is 12.7. The van der Waals surface area contributed by atoms with E-state index in [1.54, 1.807) is 6.92 Å². The summed E-state index contributed by atoms with van der Waals surface area (Å²) in [5, 5.41) is 2.63. The summed E-state index contributed by atoms with van der Waals surface area (Å²) in [7, 11) is -0.130. The summed E-state index contributed by atoms with van der Waals surface area (Å²) >= 11 is 6.07. The van der Waals surface area contributed by atoms with Crippen LogP contribution in [0.1, 0.15) is 24.2 Å². The lowest BCUT2D eigenvalue weighted by Crippen LogP contribution is -2.41. The van der Waals surface area contributed by atoms with Crippen LogP contribution in [0.2, 0.25) is 5.02 Å². The van der Waals surface area contributed by atoms with Gasteiger partial charge in [-0.1, -0.05) is 11.6 Å². The zero-order valence-corrected chi connectivity index (χ0v) is 20.3. The number of sulfonamides is 1. The number of hydrogen-bond donors (Lipinski definition) is 2. The number of methoxy groups -OCH3 is 3. The molecule has 0 fully saturated rings. The Morgan fingerprint density at radius 1 is 1.03 bits per heavy atom. The lowest BCUT2D eigenvalue weighted by atomic mass is 10.1. The first-order chi connectivity index (χ1) is 15.6. The lowest BCUT2D eigenvalue weighted by molar-refractivity contribution is -0.117. The fourth-order valence-electron chi connectivity index (χ4n) is 2.78.